The lowest BCUT2D eigenvalue weighted by molar-refractivity contribution is -0.137. The Balaban J connectivity index is 2.07. The van der Waals surface area contributed by atoms with E-state index in [0.29, 0.717) is 24.4 Å². The fourth-order valence-electron chi connectivity index (χ4n) is 2.55. The van der Waals surface area contributed by atoms with Crippen molar-refractivity contribution in [1.82, 2.24) is 4.31 Å². The number of nitrogens with zero attached hydrogens (tertiary/aromatic N) is 1. The molecule has 0 amide bonds. The van der Waals surface area contributed by atoms with Crippen molar-refractivity contribution in [3.8, 4) is 0 Å². The highest BCUT2D eigenvalue weighted by Gasteiger charge is 2.30. The average molecular weight is 297 g/mol. The van der Waals surface area contributed by atoms with E-state index in [1.807, 2.05) is 0 Å². The van der Waals surface area contributed by atoms with Crippen molar-refractivity contribution < 1.29 is 18.3 Å². The van der Waals surface area contributed by atoms with Gasteiger partial charge in [0.2, 0.25) is 10.0 Å². The molecule has 0 saturated carbocycles. The van der Waals surface area contributed by atoms with Gasteiger partial charge in [-0.15, -0.1) is 0 Å². The zero-order chi connectivity index (χ0) is 14.6. The van der Waals surface area contributed by atoms with Crippen LogP contribution in [0.4, 0.5) is 0 Å². The molecule has 1 saturated heterocycles. The average Bonchev–Trinajstić information content (AvgIpc) is 2.46. The first-order chi connectivity index (χ1) is 9.50. The highest BCUT2D eigenvalue weighted by atomic mass is 32.2. The number of aliphatic carboxylic acids is 1. The van der Waals surface area contributed by atoms with Gasteiger partial charge in [0.05, 0.1) is 4.90 Å². The second-order valence-corrected chi connectivity index (χ2v) is 7.05. The van der Waals surface area contributed by atoms with E-state index >= 15 is 0 Å². The number of carbonyl (C=O) groups is 1. The summed E-state index contributed by atoms with van der Waals surface area (Å²) in [6, 6.07) is 8.38. The summed E-state index contributed by atoms with van der Waals surface area (Å²) in [5.74, 6) is -0.689. The Bertz CT molecular complexity index is 556. The quantitative estimate of drug-likeness (QED) is 0.901. The smallest absolute Gasteiger partial charge is 0.303 e. The summed E-state index contributed by atoms with van der Waals surface area (Å²) in [7, 11) is -3.45. The maximum absolute atomic E-state index is 12.5. The fraction of sp³-hybridized carbons (Fsp3) is 0.500. The van der Waals surface area contributed by atoms with Gasteiger partial charge in [0, 0.05) is 19.5 Å². The van der Waals surface area contributed by atoms with Crippen LogP contribution in [0.1, 0.15) is 25.7 Å². The molecule has 1 heterocycles. The van der Waals surface area contributed by atoms with E-state index in [1.165, 1.54) is 4.31 Å². The summed E-state index contributed by atoms with van der Waals surface area (Å²) in [6.45, 7) is 0.936. The van der Waals surface area contributed by atoms with Gasteiger partial charge in [0.1, 0.15) is 0 Å². The topological polar surface area (TPSA) is 74.7 Å². The summed E-state index contributed by atoms with van der Waals surface area (Å²) in [4.78, 5) is 10.9. The first-order valence-electron chi connectivity index (χ1n) is 6.77. The molecule has 0 bridgehead atoms. The molecule has 1 aliphatic heterocycles. The van der Waals surface area contributed by atoms with Gasteiger partial charge >= 0.3 is 5.97 Å². The van der Waals surface area contributed by atoms with Gasteiger partial charge < -0.3 is 5.11 Å². The maximum Gasteiger partial charge on any atom is 0.303 e. The number of carboxylic acid groups (broad SMARTS) is 1. The molecule has 1 N–H and O–H groups in total. The van der Waals surface area contributed by atoms with Gasteiger partial charge in [-0.05, 0) is 37.3 Å². The molecule has 110 valence electrons. The molecular weight excluding hydrogens is 278 g/mol. The Kier molecular flexibility index (Phi) is 4.77. The van der Waals surface area contributed by atoms with E-state index in [1.54, 1.807) is 30.3 Å². The van der Waals surface area contributed by atoms with E-state index in [2.05, 4.69) is 0 Å². The van der Waals surface area contributed by atoms with Crippen molar-refractivity contribution >= 4 is 16.0 Å². The van der Waals surface area contributed by atoms with Gasteiger partial charge in [-0.1, -0.05) is 18.2 Å². The number of hydrogen-bond acceptors (Lipinski definition) is 3. The standard InChI is InChI=1S/C14H19NO4S/c16-14(17)9-8-12-5-4-10-15(11-12)20(18,19)13-6-2-1-3-7-13/h1-3,6-7,12H,4-5,8-11H2,(H,16,17)/t12-/m0/s1. The number of sulfonamides is 1. The molecule has 0 radical (unpaired) electrons. The minimum atomic E-state index is -3.45. The Labute approximate surface area is 119 Å². The van der Waals surface area contributed by atoms with Crippen LogP contribution in [0.2, 0.25) is 0 Å². The SMILES string of the molecule is O=C(O)CC[C@@H]1CCCN(S(=O)(=O)c2ccccc2)C1. The van der Waals surface area contributed by atoms with Crippen LogP contribution in [0.5, 0.6) is 0 Å². The van der Waals surface area contributed by atoms with Gasteiger partial charge in [-0.2, -0.15) is 4.31 Å². The summed E-state index contributed by atoms with van der Waals surface area (Å²) in [6.07, 6.45) is 2.32. The van der Waals surface area contributed by atoms with Crippen LogP contribution in [-0.2, 0) is 14.8 Å². The molecule has 1 fully saturated rings. The number of rotatable bonds is 5. The van der Waals surface area contributed by atoms with Crippen LogP contribution in [0.15, 0.2) is 35.2 Å². The second kappa shape index (κ2) is 6.37. The summed E-state index contributed by atoms with van der Waals surface area (Å²) >= 11 is 0. The molecule has 0 aliphatic carbocycles. The van der Waals surface area contributed by atoms with Gasteiger partial charge in [0.15, 0.2) is 0 Å². The van der Waals surface area contributed by atoms with E-state index < -0.39 is 16.0 Å². The number of carboxylic acids is 1. The molecular formula is C14H19NO4S. The van der Waals surface area contributed by atoms with Gasteiger partial charge in [-0.3, -0.25) is 4.79 Å². The van der Waals surface area contributed by atoms with Crippen LogP contribution in [0, 0.1) is 5.92 Å². The van der Waals surface area contributed by atoms with Crippen LogP contribution in [0.3, 0.4) is 0 Å². The highest BCUT2D eigenvalue weighted by molar-refractivity contribution is 7.89. The van der Waals surface area contributed by atoms with Crippen molar-refractivity contribution in [3.63, 3.8) is 0 Å². The molecule has 20 heavy (non-hydrogen) atoms. The number of hydrogen-bond donors (Lipinski definition) is 1. The Morgan fingerprint density at radius 1 is 1.30 bits per heavy atom. The van der Waals surface area contributed by atoms with E-state index in [4.69, 9.17) is 5.11 Å². The highest BCUT2D eigenvalue weighted by Crippen LogP contribution is 2.26. The molecule has 1 atom stereocenters. The second-order valence-electron chi connectivity index (χ2n) is 5.12. The molecule has 1 aromatic carbocycles. The van der Waals surface area contributed by atoms with E-state index in [0.717, 1.165) is 12.8 Å². The van der Waals surface area contributed by atoms with E-state index in [-0.39, 0.29) is 12.3 Å². The van der Waals surface area contributed by atoms with Crippen LogP contribution < -0.4 is 0 Å². The fourth-order valence-corrected chi connectivity index (χ4v) is 4.13. The van der Waals surface area contributed by atoms with Crippen molar-refractivity contribution in [1.29, 1.82) is 0 Å². The first kappa shape index (κ1) is 15.0. The molecule has 0 unspecified atom stereocenters. The predicted octanol–water partition coefficient (Wildman–Crippen LogP) is 1.95. The number of benzene rings is 1. The zero-order valence-corrected chi connectivity index (χ0v) is 12.1. The van der Waals surface area contributed by atoms with Crippen molar-refractivity contribution in [2.24, 2.45) is 5.92 Å². The normalized spacial score (nSPS) is 20.7. The third kappa shape index (κ3) is 3.58. The summed E-state index contributed by atoms with van der Waals surface area (Å²) < 4.78 is 26.4. The third-order valence-electron chi connectivity index (χ3n) is 3.63. The van der Waals surface area contributed by atoms with Crippen molar-refractivity contribution in [2.75, 3.05) is 13.1 Å². The van der Waals surface area contributed by atoms with Crippen molar-refractivity contribution in [2.45, 2.75) is 30.6 Å². The maximum atomic E-state index is 12.5. The monoisotopic (exact) mass is 297 g/mol. The van der Waals surface area contributed by atoms with Crippen LogP contribution in [0.25, 0.3) is 0 Å². The Morgan fingerprint density at radius 3 is 2.65 bits per heavy atom. The minimum Gasteiger partial charge on any atom is -0.481 e. The molecule has 1 aliphatic rings. The van der Waals surface area contributed by atoms with E-state index in [9.17, 15) is 13.2 Å². The van der Waals surface area contributed by atoms with Gasteiger partial charge in [-0.25, -0.2) is 8.42 Å². The lowest BCUT2D eigenvalue weighted by atomic mass is 9.95. The first-order valence-corrected chi connectivity index (χ1v) is 8.21. The largest absolute Gasteiger partial charge is 0.481 e. The predicted molar refractivity (Wildman–Crippen MR) is 74.8 cm³/mol. The Hall–Kier alpha value is -1.40. The lowest BCUT2D eigenvalue weighted by Crippen LogP contribution is -2.40. The van der Waals surface area contributed by atoms with Crippen LogP contribution in [-0.4, -0.2) is 36.9 Å². The Morgan fingerprint density at radius 2 is 2.00 bits per heavy atom. The zero-order valence-electron chi connectivity index (χ0n) is 11.2. The minimum absolute atomic E-state index is 0.101. The lowest BCUT2D eigenvalue weighted by Gasteiger charge is -2.31. The molecule has 0 aromatic heterocycles. The summed E-state index contributed by atoms with van der Waals surface area (Å²) in [5, 5.41) is 8.72. The summed E-state index contributed by atoms with van der Waals surface area (Å²) in [5.41, 5.74) is 0. The molecule has 1 aromatic rings. The van der Waals surface area contributed by atoms with Crippen molar-refractivity contribution in [3.05, 3.63) is 30.3 Å². The van der Waals surface area contributed by atoms with Crippen LogP contribution >= 0.6 is 0 Å². The molecule has 2 rings (SSSR count). The molecule has 6 heteroatoms. The molecule has 0 spiro atoms. The third-order valence-corrected chi connectivity index (χ3v) is 5.51. The number of piperidine rings is 1. The van der Waals surface area contributed by atoms with Gasteiger partial charge in [0.25, 0.3) is 0 Å². The molecule has 5 nitrogen and oxygen atoms in total.